The molecule has 0 aliphatic carbocycles. The summed E-state index contributed by atoms with van der Waals surface area (Å²) in [7, 11) is 0. The van der Waals surface area contributed by atoms with Crippen molar-refractivity contribution in [3.05, 3.63) is 23.0 Å². The second-order valence-electron chi connectivity index (χ2n) is 5.25. The Balaban J connectivity index is 2.57. The summed E-state index contributed by atoms with van der Waals surface area (Å²) in [5, 5.41) is 14.6. The fraction of sp³-hybridized carbons (Fsp3) is 0.533. The van der Waals surface area contributed by atoms with E-state index in [1.165, 1.54) is 0 Å². The number of hydrogen-bond acceptors (Lipinski definition) is 3. The van der Waals surface area contributed by atoms with Gasteiger partial charge in [-0.1, -0.05) is 13.3 Å². The molecule has 2 rings (SSSR count). The molecule has 2 heterocycles. The minimum absolute atomic E-state index is 0.550. The largest absolute Gasteiger partial charge is 0.481 e. The first kappa shape index (κ1) is 14.5. The van der Waals surface area contributed by atoms with Gasteiger partial charge in [-0.15, -0.1) is 0 Å². The van der Waals surface area contributed by atoms with Gasteiger partial charge >= 0.3 is 5.97 Å². The Morgan fingerprint density at radius 3 is 2.75 bits per heavy atom. The van der Waals surface area contributed by atoms with Crippen LogP contribution in [0.5, 0.6) is 0 Å². The van der Waals surface area contributed by atoms with Gasteiger partial charge in [0.05, 0.1) is 12.1 Å². The summed E-state index contributed by atoms with van der Waals surface area (Å²) >= 11 is 0. The molecule has 0 aromatic carbocycles. The van der Waals surface area contributed by atoms with Crippen molar-refractivity contribution in [3.8, 4) is 0 Å². The second-order valence-corrected chi connectivity index (χ2v) is 5.25. The van der Waals surface area contributed by atoms with Crippen molar-refractivity contribution in [2.45, 2.75) is 53.0 Å². The Labute approximate surface area is 118 Å². The van der Waals surface area contributed by atoms with Crippen molar-refractivity contribution in [2.24, 2.45) is 0 Å². The van der Waals surface area contributed by atoms with Gasteiger partial charge in [0, 0.05) is 17.6 Å². The second kappa shape index (κ2) is 5.61. The zero-order chi connectivity index (χ0) is 14.9. The highest BCUT2D eigenvalue weighted by Crippen LogP contribution is 2.28. The maximum atomic E-state index is 11.2. The number of hydrogen-bond donors (Lipinski definition) is 1. The van der Waals surface area contributed by atoms with Crippen molar-refractivity contribution in [1.29, 1.82) is 0 Å². The number of fused-ring (bicyclic) bond motifs is 1. The van der Waals surface area contributed by atoms with Crippen LogP contribution in [0.1, 0.15) is 49.4 Å². The standard InChI is InChI=1S/C15H21N3O2/c1-5-6-7-18-14-12(8-16-18)9(2)13(11(4)17-14)10(3)15(19)20/h8,10H,5-7H2,1-4H3,(H,19,20). The van der Waals surface area contributed by atoms with Crippen LogP contribution < -0.4 is 0 Å². The van der Waals surface area contributed by atoms with E-state index in [0.717, 1.165) is 47.2 Å². The first-order valence-electron chi connectivity index (χ1n) is 7.02. The van der Waals surface area contributed by atoms with Gasteiger partial charge in [0.15, 0.2) is 5.65 Å². The molecule has 5 heteroatoms. The van der Waals surface area contributed by atoms with Gasteiger partial charge in [0.1, 0.15) is 0 Å². The Morgan fingerprint density at radius 1 is 1.45 bits per heavy atom. The molecular weight excluding hydrogens is 254 g/mol. The van der Waals surface area contributed by atoms with E-state index in [-0.39, 0.29) is 0 Å². The summed E-state index contributed by atoms with van der Waals surface area (Å²) in [5.41, 5.74) is 3.42. The lowest BCUT2D eigenvalue weighted by molar-refractivity contribution is -0.138. The van der Waals surface area contributed by atoms with E-state index in [1.807, 2.05) is 18.5 Å². The lowest BCUT2D eigenvalue weighted by Gasteiger charge is -2.14. The molecule has 0 fully saturated rings. The molecule has 0 bridgehead atoms. The van der Waals surface area contributed by atoms with Gasteiger partial charge in [-0.3, -0.25) is 4.79 Å². The van der Waals surface area contributed by atoms with Crippen LogP contribution in [0, 0.1) is 13.8 Å². The molecule has 1 unspecified atom stereocenters. The number of carboxylic acids is 1. The molecule has 0 aliphatic rings. The van der Waals surface area contributed by atoms with Crippen LogP contribution >= 0.6 is 0 Å². The molecule has 0 amide bonds. The number of aromatic nitrogens is 3. The van der Waals surface area contributed by atoms with Crippen LogP contribution in [0.4, 0.5) is 0 Å². The van der Waals surface area contributed by atoms with Gasteiger partial charge in [-0.05, 0) is 38.3 Å². The topological polar surface area (TPSA) is 68.0 Å². The number of aryl methyl sites for hydroxylation is 3. The van der Waals surface area contributed by atoms with E-state index in [9.17, 15) is 9.90 Å². The van der Waals surface area contributed by atoms with E-state index < -0.39 is 11.9 Å². The number of carbonyl (C=O) groups is 1. The quantitative estimate of drug-likeness (QED) is 0.910. The average Bonchev–Trinajstić information content (AvgIpc) is 2.79. The fourth-order valence-electron chi connectivity index (χ4n) is 2.63. The average molecular weight is 275 g/mol. The Kier molecular flexibility index (Phi) is 4.06. The number of rotatable bonds is 5. The summed E-state index contributed by atoms with van der Waals surface area (Å²) in [5.74, 6) is -1.37. The number of carboxylic acid groups (broad SMARTS) is 1. The molecule has 1 N–H and O–H groups in total. The lowest BCUT2D eigenvalue weighted by atomic mass is 9.94. The van der Waals surface area contributed by atoms with Crippen molar-refractivity contribution < 1.29 is 9.90 Å². The monoisotopic (exact) mass is 275 g/mol. The highest BCUT2D eigenvalue weighted by atomic mass is 16.4. The fourth-order valence-corrected chi connectivity index (χ4v) is 2.63. The summed E-state index contributed by atoms with van der Waals surface area (Å²) in [6.07, 6.45) is 3.96. The molecule has 0 aliphatic heterocycles. The van der Waals surface area contributed by atoms with Crippen molar-refractivity contribution in [2.75, 3.05) is 0 Å². The van der Waals surface area contributed by atoms with E-state index in [0.29, 0.717) is 0 Å². The van der Waals surface area contributed by atoms with Crippen LogP contribution in [-0.2, 0) is 11.3 Å². The van der Waals surface area contributed by atoms with Gasteiger partial charge in [-0.25, -0.2) is 9.67 Å². The van der Waals surface area contributed by atoms with E-state index in [1.54, 1.807) is 13.1 Å². The summed E-state index contributed by atoms with van der Waals surface area (Å²) in [6.45, 7) is 8.52. The maximum Gasteiger partial charge on any atom is 0.310 e. The molecule has 2 aromatic heterocycles. The molecule has 0 saturated heterocycles. The third kappa shape index (κ3) is 2.40. The Morgan fingerprint density at radius 2 is 2.15 bits per heavy atom. The molecule has 20 heavy (non-hydrogen) atoms. The van der Waals surface area contributed by atoms with Crippen LogP contribution in [0.2, 0.25) is 0 Å². The molecule has 0 saturated carbocycles. The third-order valence-corrected chi connectivity index (χ3v) is 3.81. The van der Waals surface area contributed by atoms with Gasteiger partial charge in [-0.2, -0.15) is 5.10 Å². The van der Waals surface area contributed by atoms with Gasteiger partial charge < -0.3 is 5.11 Å². The van der Waals surface area contributed by atoms with Crippen LogP contribution in [-0.4, -0.2) is 25.8 Å². The van der Waals surface area contributed by atoms with Gasteiger partial charge in [0.25, 0.3) is 0 Å². The highest BCUT2D eigenvalue weighted by Gasteiger charge is 2.22. The number of nitrogens with zero attached hydrogens (tertiary/aromatic N) is 3. The number of aliphatic carboxylic acids is 1. The molecule has 2 aromatic rings. The van der Waals surface area contributed by atoms with Crippen molar-refractivity contribution >= 4 is 17.0 Å². The molecule has 108 valence electrons. The van der Waals surface area contributed by atoms with E-state index in [2.05, 4.69) is 17.0 Å². The third-order valence-electron chi connectivity index (χ3n) is 3.81. The summed E-state index contributed by atoms with van der Waals surface area (Å²) < 4.78 is 1.91. The predicted molar refractivity (Wildman–Crippen MR) is 78.0 cm³/mol. The first-order chi connectivity index (χ1) is 9.47. The summed E-state index contributed by atoms with van der Waals surface area (Å²) in [4.78, 5) is 15.8. The van der Waals surface area contributed by atoms with Crippen molar-refractivity contribution in [3.63, 3.8) is 0 Å². The van der Waals surface area contributed by atoms with E-state index in [4.69, 9.17) is 0 Å². The number of unbranched alkanes of at least 4 members (excludes halogenated alkanes) is 1. The highest BCUT2D eigenvalue weighted by molar-refractivity contribution is 5.84. The maximum absolute atomic E-state index is 11.2. The van der Waals surface area contributed by atoms with Crippen molar-refractivity contribution in [1.82, 2.24) is 14.8 Å². The van der Waals surface area contributed by atoms with Crippen LogP contribution in [0.25, 0.3) is 11.0 Å². The Hall–Kier alpha value is -1.91. The SMILES string of the molecule is CCCCn1ncc2c(C)c(C(C)C(=O)O)c(C)nc21. The molecule has 0 spiro atoms. The normalized spacial score (nSPS) is 12.8. The minimum atomic E-state index is -0.823. The zero-order valence-corrected chi connectivity index (χ0v) is 12.5. The Bertz CT molecular complexity index is 646. The first-order valence-corrected chi connectivity index (χ1v) is 7.02. The molecule has 1 atom stereocenters. The predicted octanol–water partition coefficient (Wildman–Crippen LogP) is 3.04. The van der Waals surface area contributed by atoms with E-state index >= 15 is 0 Å². The van der Waals surface area contributed by atoms with Crippen LogP contribution in [0.15, 0.2) is 6.20 Å². The molecule has 0 radical (unpaired) electrons. The molecule has 5 nitrogen and oxygen atoms in total. The van der Waals surface area contributed by atoms with Gasteiger partial charge in [0.2, 0.25) is 0 Å². The molecular formula is C15H21N3O2. The minimum Gasteiger partial charge on any atom is -0.481 e. The number of pyridine rings is 1. The van der Waals surface area contributed by atoms with Crippen LogP contribution in [0.3, 0.4) is 0 Å². The summed E-state index contributed by atoms with van der Waals surface area (Å²) in [6, 6.07) is 0. The zero-order valence-electron chi connectivity index (χ0n) is 12.5. The lowest BCUT2D eigenvalue weighted by Crippen LogP contribution is -2.12. The smallest absolute Gasteiger partial charge is 0.310 e.